The molecule has 1 atom stereocenters. The van der Waals surface area contributed by atoms with Gasteiger partial charge in [-0.15, -0.1) is 9.24 Å². The lowest BCUT2D eigenvalue weighted by atomic mass is 9.82. The maximum Gasteiger partial charge on any atom is 0.174 e. The molecule has 0 heterocycles. The third-order valence-electron chi connectivity index (χ3n) is 3.65. The monoisotopic (exact) mass is 268 g/mol. The van der Waals surface area contributed by atoms with E-state index < -0.39 is 0 Å². The van der Waals surface area contributed by atoms with E-state index in [0.29, 0.717) is 10.6 Å². The summed E-state index contributed by atoms with van der Waals surface area (Å²) in [5.74, 6) is 0.199. The minimum absolute atomic E-state index is 0.199. The molecule has 2 rings (SSSR count). The van der Waals surface area contributed by atoms with Crippen LogP contribution in [-0.4, -0.2) is 10.9 Å². The second kappa shape index (κ2) is 5.08. The van der Waals surface area contributed by atoms with Gasteiger partial charge in [0.05, 0.1) is 5.02 Å². The van der Waals surface area contributed by atoms with Crippen LogP contribution in [0.2, 0.25) is 5.02 Å². The first-order chi connectivity index (χ1) is 8.04. The third-order valence-corrected chi connectivity index (χ3v) is 4.80. The highest BCUT2D eigenvalue weighted by atomic mass is 35.5. The Morgan fingerprint density at radius 3 is 2.53 bits per heavy atom. The highest BCUT2D eigenvalue weighted by Crippen LogP contribution is 2.40. The molecular formula is C14H18ClOP. The number of benzene rings is 1. The molecule has 1 unspecified atom stereocenters. The van der Waals surface area contributed by atoms with E-state index in [9.17, 15) is 4.79 Å². The van der Waals surface area contributed by atoms with Crippen molar-refractivity contribution in [3.63, 3.8) is 0 Å². The van der Waals surface area contributed by atoms with Crippen LogP contribution < -0.4 is 0 Å². The Kier molecular flexibility index (Phi) is 3.90. The van der Waals surface area contributed by atoms with E-state index in [-0.39, 0.29) is 10.9 Å². The summed E-state index contributed by atoms with van der Waals surface area (Å²) in [7, 11) is 2.79. The first-order valence-electron chi connectivity index (χ1n) is 6.13. The van der Waals surface area contributed by atoms with Gasteiger partial charge in [0, 0.05) is 10.7 Å². The molecular weight excluding hydrogens is 251 g/mol. The number of carbonyl (C=O) groups is 1. The summed E-state index contributed by atoms with van der Waals surface area (Å²) >= 11 is 6.18. The van der Waals surface area contributed by atoms with Gasteiger partial charge in [-0.3, -0.25) is 4.79 Å². The van der Waals surface area contributed by atoms with Crippen molar-refractivity contribution in [1.29, 1.82) is 0 Å². The maximum atomic E-state index is 12.7. The Balaban J connectivity index is 2.36. The van der Waals surface area contributed by atoms with Crippen molar-refractivity contribution in [3.8, 4) is 0 Å². The largest absolute Gasteiger partial charge is 0.293 e. The molecule has 92 valence electrons. The van der Waals surface area contributed by atoms with Crippen LogP contribution >= 0.6 is 20.8 Å². The number of Topliss-reactive ketones (excluding diaryl/α,β-unsaturated/α-hetero) is 1. The molecule has 1 fully saturated rings. The Bertz CT molecular complexity index is 416. The van der Waals surface area contributed by atoms with E-state index in [2.05, 4.69) is 9.24 Å². The van der Waals surface area contributed by atoms with E-state index in [1.54, 1.807) is 6.07 Å². The SMILES string of the molecule is Cc1cccc(Cl)c1C(=O)C1(P)CCCCC1. The number of aryl methyl sites for hydroxylation is 1. The lowest BCUT2D eigenvalue weighted by Crippen LogP contribution is -2.34. The highest BCUT2D eigenvalue weighted by Gasteiger charge is 2.36. The summed E-state index contributed by atoms with van der Waals surface area (Å²) in [5, 5.41) is 0.302. The van der Waals surface area contributed by atoms with Gasteiger partial charge < -0.3 is 0 Å². The van der Waals surface area contributed by atoms with Gasteiger partial charge in [-0.05, 0) is 31.4 Å². The van der Waals surface area contributed by atoms with Crippen LogP contribution in [0.15, 0.2) is 18.2 Å². The Hall–Kier alpha value is -0.390. The van der Waals surface area contributed by atoms with E-state index >= 15 is 0 Å². The normalized spacial score (nSPS) is 19.0. The molecule has 17 heavy (non-hydrogen) atoms. The van der Waals surface area contributed by atoms with Crippen molar-refractivity contribution in [2.45, 2.75) is 44.2 Å². The molecule has 0 amide bonds. The van der Waals surface area contributed by atoms with Crippen molar-refractivity contribution >= 4 is 26.6 Å². The van der Waals surface area contributed by atoms with Crippen molar-refractivity contribution in [2.24, 2.45) is 0 Å². The van der Waals surface area contributed by atoms with E-state index in [1.807, 2.05) is 19.1 Å². The Morgan fingerprint density at radius 2 is 1.94 bits per heavy atom. The molecule has 1 aliphatic rings. The van der Waals surface area contributed by atoms with Crippen molar-refractivity contribution < 1.29 is 4.79 Å². The van der Waals surface area contributed by atoms with Gasteiger partial charge >= 0.3 is 0 Å². The zero-order valence-corrected chi connectivity index (χ0v) is 12.0. The lowest BCUT2D eigenvalue weighted by Gasteiger charge is -2.32. The standard InChI is InChI=1S/C14H18ClOP/c1-10-6-5-7-11(15)12(10)13(16)14(17)8-3-2-4-9-14/h5-7H,2-4,8-9,17H2,1H3. The molecule has 0 aliphatic heterocycles. The number of carbonyl (C=O) groups excluding carboxylic acids is 1. The summed E-state index contributed by atoms with van der Waals surface area (Å²) in [5.41, 5.74) is 1.70. The molecule has 0 aromatic heterocycles. The molecule has 3 heteroatoms. The molecule has 1 nitrogen and oxygen atoms in total. The van der Waals surface area contributed by atoms with Crippen LogP contribution in [0.5, 0.6) is 0 Å². The van der Waals surface area contributed by atoms with Crippen LogP contribution in [0.1, 0.15) is 48.0 Å². The molecule has 1 saturated carbocycles. The number of halogens is 1. The van der Waals surface area contributed by atoms with Gasteiger partial charge in [0.25, 0.3) is 0 Å². The van der Waals surface area contributed by atoms with Gasteiger partial charge in [0.2, 0.25) is 0 Å². The predicted octanol–water partition coefficient (Wildman–Crippen LogP) is 4.41. The minimum atomic E-state index is -0.284. The van der Waals surface area contributed by atoms with Gasteiger partial charge in [-0.2, -0.15) is 0 Å². The summed E-state index contributed by atoms with van der Waals surface area (Å²) in [6, 6.07) is 5.65. The van der Waals surface area contributed by atoms with E-state index in [1.165, 1.54) is 6.42 Å². The van der Waals surface area contributed by atoms with Gasteiger partial charge in [0.15, 0.2) is 5.78 Å². The quantitative estimate of drug-likeness (QED) is 0.574. The van der Waals surface area contributed by atoms with Crippen molar-refractivity contribution in [1.82, 2.24) is 0 Å². The first kappa shape index (κ1) is 13.1. The molecule has 0 saturated heterocycles. The van der Waals surface area contributed by atoms with Crippen LogP contribution in [0.3, 0.4) is 0 Å². The number of hydrogen-bond donors (Lipinski definition) is 0. The molecule has 0 N–H and O–H groups in total. The highest BCUT2D eigenvalue weighted by molar-refractivity contribution is 7.21. The molecule has 1 aromatic rings. The topological polar surface area (TPSA) is 17.1 Å². The summed E-state index contributed by atoms with van der Waals surface area (Å²) in [6.45, 7) is 1.95. The molecule has 0 spiro atoms. The fourth-order valence-corrected chi connectivity index (χ4v) is 3.44. The second-order valence-corrected chi connectivity index (χ2v) is 6.49. The summed E-state index contributed by atoms with van der Waals surface area (Å²) in [6.07, 6.45) is 5.44. The average molecular weight is 269 g/mol. The molecule has 1 aliphatic carbocycles. The van der Waals surface area contributed by atoms with Crippen molar-refractivity contribution in [3.05, 3.63) is 34.3 Å². The smallest absolute Gasteiger partial charge is 0.174 e. The number of rotatable bonds is 2. The third kappa shape index (κ3) is 2.56. The predicted molar refractivity (Wildman–Crippen MR) is 76.0 cm³/mol. The van der Waals surface area contributed by atoms with Crippen LogP contribution in [0.4, 0.5) is 0 Å². The number of ketones is 1. The summed E-state index contributed by atoms with van der Waals surface area (Å²) in [4.78, 5) is 12.7. The maximum absolute atomic E-state index is 12.7. The fourth-order valence-electron chi connectivity index (χ4n) is 2.58. The Labute approximate surface area is 110 Å². The molecule has 0 bridgehead atoms. The molecule has 1 aromatic carbocycles. The zero-order chi connectivity index (χ0) is 12.5. The van der Waals surface area contributed by atoms with Gasteiger partial charge in [-0.1, -0.05) is 43.0 Å². The van der Waals surface area contributed by atoms with Gasteiger partial charge in [-0.25, -0.2) is 0 Å². The van der Waals surface area contributed by atoms with Crippen LogP contribution in [-0.2, 0) is 0 Å². The fraction of sp³-hybridized carbons (Fsp3) is 0.500. The zero-order valence-electron chi connectivity index (χ0n) is 10.1. The Morgan fingerprint density at radius 1 is 1.29 bits per heavy atom. The van der Waals surface area contributed by atoms with Crippen LogP contribution in [0.25, 0.3) is 0 Å². The molecule has 0 radical (unpaired) electrons. The second-order valence-electron chi connectivity index (χ2n) is 4.98. The van der Waals surface area contributed by atoms with Crippen LogP contribution in [0, 0.1) is 6.92 Å². The van der Waals surface area contributed by atoms with E-state index in [4.69, 9.17) is 11.6 Å². The van der Waals surface area contributed by atoms with Crippen molar-refractivity contribution in [2.75, 3.05) is 0 Å². The number of hydrogen-bond acceptors (Lipinski definition) is 1. The lowest BCUT2D eigenvalue weighted by molar-refractivity contribution is 0.0917. The minimum Gasteiger partial charge on any atom is -0.293 e. The summed E-state index contributed by atoms with van der Waals surface area (Å²) < 4.78 is 0. The first-order valence-corrected chi connectivity index (χ1v) is 7.09. The van der Waals surface area contributed by atoms with Gasteiger partial charge in [0.1, 0.15) is 0 Å². The van der Waals surface area contributed by atoms with E-state index in [0.717, 1.165) is 31.2 Å². The average Bonchev–Trinajstić information content (AvgIpc) is 2.29.